The minimum atomic E-state index is -0.856. The third-order valence-corrected chi connectivity index (χ3v) is 5.08. The zero-order valence-electron chi connectivity index (χ0n) is 16.7. The zero-order valence-corrected chi connectivity index (χ0v) is 16.7. The Morgan fingerprint density at radius 3 is 2.62 bits per heavy atom. The first-order valence-electron chi connectivity index (χ1n) is 9.94. The average molecular weight is 407 g/mol. The molecule has 0 unspecified atom stereocenters. The van der Waals surface area contributed by atoms with Crippen molar-refractivity contribution in [3.8, 4) is 5.75 Å². The number of aliphatic hydroxyl groups excluding tert-OH is 1. The molecule has 0 saturated carbocycles. The lowest BCUT2D eigenvalue weighted by Gasteiger charge is -2.20. The smallest absolute Gasteiger partial charge is 0.319 e. The number of methoxy groups -OCH3 is 1. The van der Waals surface area contributed by atoms with E-state index >= 15 is 0 Å². The Hall–Kier alpha value is -2.36. The first-order valence-corrected chi connectivity index (χ1v) is 9.94. The maximum Gasteiger partial charge on any atom is 0.319 e. The first-order chi connectivity index (χ1) is 14.0. The van der Waals surface area contributed by atoms with Gasteiger partial charge in [-0.05, 0) is 30.7 Å². The van der Waals surface area contributed by atoms with Gasteiger partial charge in [-0.1, -0.05) is 6.92 Å². The number of carbonyl (C=O) groups excluding carboxylic acids is 2. The van der Waals surface area contributed by atoms with Crippen LogP contribution in [-0.4, -0.2) is 67.8 Å². The molecule has 1 aromatic rings. The number of anilines is 1. The van der Waals surface area contributed by atoms with Crippen LogP contribution in [0.3, 0.4) is 0 Å². The number of benzene rings is 1. The van der Waals surface area contributed by atoms with Crippen LogP contribution in [0.15, 0.2) is 24.3 Å². The summed E-state index contributed by atoms with van der Waals surface area (Å²) in [5.41, 5.74) is 0.626. The van der Waals surface area contributed by atoms with Crippen LogP contribution < -0.4 is 20.7 Å². The van der Waals surface area contributed by atoms with E-state index in [4.69, 9.17) is 14.2 Å². The van der Waals surface area contributed by atoms with Gasteiger partial charge in [0.2, 0.25) is 5.91 Å². The highest BCUT2D eigenvalue weighted by Crippen LogP contribution is 2.35. The molecular formula is C20H29N3O6. The van der Waals surface area contributed by atoms with Crippen LogP contribution in [0.25, 0.3) is 0 Å². The number of fused-ring (bicyclic) bond motifs is 1. The lowest BCUT2D eigenvalue weighted by atomic mass is 10.1. The molecule has 0 spiro atoms. The quantitative estimate of drug-likeness (QED) is 0.511. The Kier molecular flexibility index (Phi) is 7.29. The predicted octanol–water partition coefficient (Wildman–Crippen LogP) is 1.02. The largest absolute Gasteiger partial charge is 0.497 e. The number of aliphatic hydroxyl groups is 1. The monoisotopic (exact) mass is 407 g/mol. The molecule has 9 nitrogen and oxygen atoms in total. The summed E-state index contributed by atoms with van der Waals surface area (Å²) in [4.78, 5) is 23.9. The fourth-order valence-corrected chi connectivity index (χ4v) is 3.60. The Morgan fingerprint density at radius 2 is 1.97 bits per heavy atom. The highest BCUT2D eigenvalue weighted by atomic mass is 16.6. The van der Waals surface area contributed by atoms with Gasteiger partial charge in [-0.25, -0.2) is 4.79 Å². The van der Waals surface area contributed by atoms with E-state index in [2.05, 4.69) is 16.0 Å². The molecule has 2 heterocycles. The van der Waals surface area contributed by atoms with E-state index in [0.29, 0.717) is 24.4 Å². The third-order valence-electron chi connectivity index (χ3n) is 5.08. The Bertz CT molecular complexity index is 698. The van der Waals surface area contributed by atoms with Gasteiger partial charge >= 0.3 is 6.03 Å². The molecule has 2 saturated heterocycles. The number of urea groups is 1. The van der Waals surface area contributed by atoms with E-state index in [1.54, 1.807) is 31.4 Å². The molecule has 1 aromatic carbocycles. The second-order valence-electron chi connectivity index (χ2n) is 7.28. The third kappa shape index (κ3) is 5.59. The highest BCUT2D eigenvalue weighted by Gasteiger charge is 2.50. The lowest BCUT2D eigenvalue weighted by molar-refractivity contribution is -0.124. The number of ether oxygens (including phenoxy) is 3. The lowest BCUT2D eigenvalue weighted by Crippen LogP contribution is -2.42. The SMILES string of the molecule is CCCNC(=O)C[C@@H]1C[C@H]2O[C@H](CNC(=O)Nc3ccc(OC)cc3)[C@@H](O)[C@H]2O1. The fraction of sp³-hybridized carbons (Fsp3) is 0.600. The summed E-state index contributed by atoms with van der Waals surface area (Å²) in [5, 5.41) is 18.7. The van der Waals surface area contributed by atoms with Crippen molar-refractivity contribution in [2.24, 2.45) is 0 Å². The Morgan fingerprint density at radius 1 is 1.21 bits per heavy atom. The molecule has 3 amide bonds. The van der Waals surface area contributed by atoms with Crippen LogP contribution in [-0.2, 0) is 14.3 Å². The van der Waals surface area contributed by atoms with E-state index in [9.17, 15) is 14.7 Å². The number of hydrogen-bond acceptors (Lipinski definition) is 6. The van der Waals surface area contributed by atoms with Crippen molar-refractivity contribution in [1.29, 1.82) is 0 Å². The van der Waals surface area contributed by atoms with Gasteiger partial charge in [0.15, 0.2) is 0 Å². The minimum Gasteiger partial charge on any atom is -0.497 e. The van der Waals surface area contributed by atoms with Crippen LogP contribution in [0.5, 0.6) is 5.75 Å². The molecule has 0 radical (unpaired) electrons. The molecule has 0 aliphatic carbocycles. The predicted molar refractivity (Wildman–Crippen MR) is 106 cm³/mol. The van der Waals surface area contributed by atoms with Gasteiger partial charge in [-0.15, -0.1) is 0 Å². The van der Waals surface area contributed by atoms with E-state index in [1.807, 2.05) is 6.92 Å². The van der Waals surface area contributed by atoms with Crippen LogP contribution >= 0.6 is 0 Å². The van der Waals surface area contributed by atoms with Crippen LogP contribution in [0.1, 0.15) is 26.2 Å². The standard InChI is InChI=1S/C20H29N3O6/c1-3-8-21-17(24)10-14-9-15-19(28-14)18(25)16(29-15)11-22-20(26)23-12-4-6-13(27-2)7-5-12/h4-7,14-16,18-19,25H,3,8-11H2,1-2H3,(H,21,24)(H2,22,23,26)/t14-,15+,16+,18+,19-/m0/s1. The number of rotatable bonds is 8. The molecule has 9 heteroatoms. The van der Waals surface area contributed by atoms with Crippen LogP contribution in [0.4, 0.5) is 10.5 Å². The van der Waals surface area contributed by atoms with E-state index in [-0.39, 0.29) is 31.1 Å². The summed E-state index contributed by atoms with van der Waals surface area (Å²) in [6.07, 6.45) is -0.729. The summed E-state index contributed by atoms with van der Waals surface area (Å²) in [5.74, 6) is 0.644. The van der Waals surface area contributed by atoms with Crippen LogP contribution in [0, 0.1) is 0 Å². The van der Waals surface area contributed by atoms with E-state index < -0.39 is 24.3 Å². The number of amides is 3. The summed E-state index contributed by atoms with van der Waals surface area (Å²) < 4.78 is 16.8. The molecule has 4 N–H and O–H groups in total. The molecule has 160 valence electrons. The van der Waals surface area contributed by atoms with Gasteiger partial charge in [0.1, 0.15) is 24.1 Å². The molecular weight excluding hydrogens is 378 g/mol. The normalized spacial score (nSPS) is 27.9. The molecule has 0 bridgehead atoms. The topological polar surface area (TPSA) is 118 Å². The van der Waals surface area contributed by atoms with E-state index in [0.717, 1.165) is 6.42 Å². The Labute approximate surface area is 170 Å². The number of hydrogen-bond donors (Lipinski definition) is 4. The van der Waals surface area contributed by atoms with Crippen molar-refractivity contribution < 1.29 is 28.9 Å². The highest BCUT2D eigenvalue weighted by molar-refractivity contribution is 5.89. The van der Waals surface area contributed by atoms with Crippen LogP contribution in [0.2, 0.25) is 0 Å². The van der Waals surface area contributed by atoms with Gasteiger partial charge in [0.25, 0.3) is 0 Å². The maximum atomic E-state index is 12.1. The van der Waals surface area contributed by atoms with Gasteiger partial charge in [0.05, 0.1) is 25.7 Å². The zero-order chi connectivity index (χ0) is 20.8. The van der Waals surface area contributed by atoms with Crippen molar-refractivity contribution in [1.82, 2.24) is 10.6 Å². The molecule has 2 fully saturated rings. The average Bonchev–Trinajstić information content (AvgIpc) is 3.23. The number of carbonyl (C=O) groups is 2. The van der Waals surface area contributed by atoms with Gasteiger partial charge in [0, 0.05) is 25.2 Å². The summed E-state index contributed by atoms with van der Waals surface area (Å²) in [6, 6.07) is 6.56. The minimum absolute atomic E-state index is 0.0558. The van der Waals surface area contributed by atoms with E-state index in [1.165, 1.54) is 0 Å². The molecule has 29 heavy (non-hydrogen) atoms. The summed E-state index contributed by atoms with van der Waals surface area (Å²) >= 11 is 0. The second kappa shape index (κ2) is 9.91. The molecule has 5 atom stereocenters. The first kappa shape index (κ1) is 21.4. The van der Waals surface area contributed by atoms with Crippen molar-refractivity contribution >= 4 is 17.6 Å². The molecule has 0 aromatic heterocycles. The van der Waals surface area contributed by atoms with Gasteiger partial charge in [-0.2, -0.15) is 0 Å². The molecule has 2 aliphatic rings. The molecule has 3 rings (SSSR count). The van der Waals surface area contributed by atoms with Crippen molar-refractivity contribution in [3.63, 3.8) is 0 Å². The Balaban J connectivity index is 1.40. The van der Waals surface area contributed by atoms with Gasteiger partial charge in [-0.3, -0.25) is 4.79 Å². The summed E-state index contributed by atoms with van der Waals surface area (Å²) in [6.45, 7) is 2.79. The van der Waals surface area contributed by atoms with Crippen molar-refractivity contribution in [3.05, 3.63) is 24.3 Å². The summed E-state index contributed by atoms with van der Waals surface area (Å²) in [7, 11) is 1.57. The van der Waals surface area contributed by atoms with Crippen molar-refractivity contribution in [2.75, 3.05) is 25.5 Å². The van der Waals surface area contributed by atoms with Gasteiger partial charge < -0.3 is 35.3 Å². The fourth-order valence-electron chi connectivity index (χ4n) is 3.60. The second-order valence-corrected chi connectivity index (χ2v) is 7.28. The molecule has 2 aliphatic heterocycles. The number of nitrogens with one attached hydrogen (secondary N) is 3. The maximum absolute atomic E-state index is 12.1. The van der Waals surface area contributed by atoms with Crippen molar-refractivity contribution in [2.45, 2.75) is 56.7 Å².